The average Bonchev–Trinajstić information content (AvgIpc) is 2.48. The normalized spacial score (nSPS) is 23.2. The van der Waals surface area contributed by atoms with E-state index in [0.717, 1.165) is 25.1 Å². The van der Waals surface area contributed by atoms with E-state index in [1.807, 2.05) is 30.3 Å². The molecule has 2 rings (SSSR count). The largest absolute Gasteiger partial charge is 0.481 e. The number of aliphatic carboxylic acids is 1. The van der Waals surface area contributed by atoms with E-state index in [2.05, 4.69) is 11.8 Å². The van der Waals surface area contributed by atoms with Crippen LogP contribution in [0.2, 0.25) is 0 Å². The molecule has 2 atom stereocenters. The fourth-order valence-electron chi connectivity index (χ4n) is 2.71. The summed E-state index contributed by atoms with van der Waals surface area (Å²) in [7, 11) is 0. The number of carboxylic acids is 1. The van der Waals surface area contributed by atoms with Gasteiger partial charge in [-0.05, 0) is 18.9 Å². The predicted octanol–water partition coefficient (Wildman–Crippen LogP) is 2.14. The third-order valence-corrected chi connectivity index (χ3v) is 4.10. The molecule has 1 aliphatic heterocycles. The Balaban J connectivity index is 2.15. The van der Waals surface area contributed by atoms with Crippen LogP contribution in [0.5, 0.6) is 0 Å². The fourth-order valence-corrected chi connectivity index (χ4v) is 2.71. The summed E-state index contributed by atoms with van der Waals surface area (Å²) in [5, 5.41) is 9.68. The van der Waals surface area contributed by atoms with Crippen molar-refractivity contribution in [3.05, 3.63) is 35.9 Å². The van der Waals surface area contributed by atoms with E-state index in [0.29, 0.717) is 13.2 Å². The number of morpholine rings is 1. The molecule has 4 heteroatoms. The lowest BCUT2D eigenvalue weighted by atomic mass is 9.82. The number of rotatable bonds is 5. The lowest BCUT2D eigenvalue weighted by Gasteiger charge is -2.37. The summed E-state index contributed by atoms with van der Waals surface area (Å²) in [5.41, 5.74) is -0.0243. The van der Waals surface area contributed by atoms with E-state index in [1.54, 1.807) is 6.92 Å². The molecule has 1 heterocycles. The maximum Gasteiger partial charge on any atom is 0.315 e. The van der Waals surface area contributed by atoms with Crippen LogP contribution < -0.4 is 0 Å². The first kappa shape index (κ1) is 15.0. The molecule has 0 saturated carbocycles. The smallest absolute Gasteiger partial charge is 0.315 e. The monoisotopic (exact) mass is 277 g/mol. The van der Waals surface area contributed by atoms with Gasteiger partial charge in [0.2, 0.25) is 0 Å². The second kappa shape index (κ2) is 6.37. The van der Waals surface area contributed by atoms with Gasteiger partial charge in [0, 0.05) is 19.6 Å². The van der Waals surface area contributed by atoms with Crippen LogP contribution in [-0.4, -0.2) is 48.3 Å². The summed E-state index contributed by atoms with van der Waals surface area (Å²) in [6.07, 6.45) is 1.18. The SMILES string of the molecule is CCC1CN(CC(C)(C(=O)O)c2ccccc2)CCO1. The fraction of sp³-hybridized carbons (Fsp3) is 0.562. The molecule has 110 valence electrons. The quantitative estimate of drug-likeness (QED) is 0.896. The Morgan fingerprint density at radius 1 is 1.45 bits per heavy atom. The van der Waals surface area contributed by atoms with E-state index >= 15 is 0 Å². The molecule has 0 aliphatic carbocycles. The van der Waals surface area contributed by atoms with Gasteiger partial charge in [0.05, 0.1) is 12.7 Å². The molecule has 0 amide bonds. The summed E-state index contributed by atoms with van der Waals surface area (Å²) in [6.45, 7) is 6.72. The second-order valence-electron chi connectivity index (χ2n) is 5.64. The highest BCUT2D eigenvalue weighted by molar-refractivity contribution is 5.81. The summed E-state index contributed by atoms with van der Waals surface area (Å²) in [6, 6.07) is 9.49. The minimum atomic E-state index is -0.878. The third-order valence-electron chi connectivity index (χ3n) is 4.10. The predicted molar refractivity (Wildman–Crippen MR) is 77.9 cm³/mol. The Morgan fingerprint density at radius 3 is 2.75 bits per heavy atom. The van der Waals surface area contributed by atoms with Crippen LogP contribution in [0.25, 0.3) is 0 Å². The van der Waals surface area contributed by atoms with Gasteiger partial charge in [-0.1, -0.05) is 37.3 Å². The van der Waals surface area contributed by atoms with Crippen molar-refractivity contribution < 1.29 is 14.6 Å². The molecule has 0 radical (unpaired) electrons. The van der Waals surface area contributed by atoms with E-state index in [9.17, 15) is 9.90 Å². The van der Waals surface area contributed by atoms with Crippen molar-refractivity contribution in [2.24, 2.45) is 0 Å². The zero-order valence-electron chi connectivity index (χ0n) is 12.2. The van der Waals surface area contributed by atoms with Crippen LogP contribution in [0.3, 0.4) is 0 Å². The number of carboxylic acid groups (broad SMARTS) is 1. The van der Waals surface area contributed by atoms with Crippen molar-refractivity contribution in [1.82, 2.24) is 4.90 Å². The van der Waals surface area contributed by atoms with Crippen LogP contribution in [-0.2, 0) is 14.9 Å². The van der Waals surface area contributed by atoms with Crippen molar-refractivity contribution in [3.8, 4) is 0 Å². The Hall–Kier alpha value is -1.39. The molecule has 2 unspecified atom stereocenters. The van der Waals surface area contributed by atoms with Gasteiger partial charge in [-0.2, -0.15) is 0 Å². The zero-order valence-corrected chi connectivity index (χ0v) is 12.2. The Labute approximate surface area is 120 Å². The van der Waals surface area contributed by atoms with Crippen LogP contribution >= 0.6 is 0 Å². The molecule has 0 spiro atoms. The van der Waals surface area contributed by atoms with Crippen molar-refractivity contribution in [2.75, 3.05) is 26.2 Å². The lowest BCUT2D eigenvalue weighted by Crippen LogP contribution is -2.50. The van der Waals surface area contributed by atoms with Gasteiger partial charge in [0.1, 0.15) is 5.41 Å². The summed E-state index contributed by atoms with van der Waals surface area (Å²) in [4.78, 5) is 14.0. The van der Waals surface area contributed by atoms with Crippen LogP contribution in [0.1, 0.15) is 25.8 Å². The van der Waals surface area contributed by atoms with Crippen LogP contribution in [0.4, 0.5) is 0 Å². The number of carbonyl (C=O) groups is 1. The number of nitrogens with zero attached hydrogens (tertiary/aromatic N) is 1. The molecule has 1 aromatic carbocycles. The average molecular weight is 277 g/mol. The van der Waals surface area contributed by atoms with Gasteiger partial charge in [-0.15, -0.1) is 0 Å². The molecule has 4 nitrogen and oxygen atoms in total. The Morgan fingerprint density at radius 2 is 2.15 bits per heavy atom. The number of ether oxygens (including phenoxy) is 1. The zero-order chi connectivity index (χ0) is 14.6. The molecular formula is C16H23NO3. The van der Waals surface area contributed by atoms with Crippen molar-refractivity contribution >= 4 is 5.97 Å². The molecule has 0 aromatic heterocycles. The Bertz CT molecular complexity index is 448. The minimum Gasteiger partial charge on any atom is -0.481 e. The first-order valence-corrected chi connectivity index (χ1v) is 7.19. The van der Waals surface area contributed by atoms with Crippen molar-refractivity contribution in [3.63, 3.8) is 0 Å². The highest BCUT2D eigenvalue weighted by atomic mass is 16.5. The number of hydrogen-bond acceptors (Lipinski definition) is 3. The molecule has 1 aromatic rings. The van der Waals surface area contributed by atoms with Gasteiger partial charge < -0.3 is 9.84 Å². The second-order valence-corrected chi connectivity index (χ2v) is 5.64. The van der Waals surface area contributed by atoms with E-state index in [1.165, 1.54) is 0 Å². The number of benzene rings is 1. The van der Waals surface area contributed by atoms with E-state index in [-0.39, 0.29) is 6.10 Å². The summed E-state index contributed by atoms with van der Waals surface area (Å²) >= 11 is 0. The van der Waals surface area contributed by atoms with Crippen LogP contribution in [0, 0.1) is 0 Å². The molecule has 1 saturated heterocycles. The summed E-state index contributed by atoms with van der Waals surface area (Å²) < 4.78 is 5.65. The van der Waals surface area contributed by atoms with E-state index < -0.39 is 11.4 Å². The molecule has 1 fully saturated rings. The highest BCUT2D eigenvalue weighted by Gasteiger charge is 2.38. The van der Waals surface area contributed by atoms with Crippen molar-refractivity contribution in [2.45, 2.75) is 31.8 Å². The standard InChI is InChI=1S/C16H23NO3/c1-3-14-11-17(9-10-20-14)12-16(2,15(18)19)13-7-5-4-6-8-13/h4-8,14H,3,9-12H2,1-2H3,(H,18,19). The molecule has 20 heavy (non-hydrogen) atoms. The van der Waals surface area contributed by atoms with Gasteiger partial charge in [-0.3, -0.25) is 9.69 Å². The molecule has 1 aliphatic rings. The van der Waals surface area contributed by atoms with Crippen molar-refractivity contribution in [1.29, 1.82) is 0 Å². The Kier molecular flexibility index (Phi) is 4.78. The van der Waals surface area contributed by atoms with Crippen LogP contribution in [0.15, 0.2) is 30.3 Å². The maximum atomic E-state index is 11.8. The van der Waals surface area contributed by atoms with Gasteiger partial charge >= 0.3 is 5.97 Å². The summed E-state index contributed by atoms with van der Waals surface area (Å²) in [5.74, 6) is -0.775. The van der Waals surface area contributed by atoms with Gasteiger partial charge in [-0.25, -0.2) is 0 Å². The first-order valence-electron chi connectivity index (χ1n) is 7.19. The highest BCUT2D eigenvalue weighted by Crippen LogP contribution is 2.26. The third kappa shape index (κ3) is 3.19. The number of hydrogen-bond donors (Lipinski definition) is 1. The molecule has 0 bridgehead atoms. The minimum absolute atomic E-state index is 0.220. The van der Waals surface area contributed by atoms with Gasteiger partial charge in [0.15, 0.2) is 0 Å². The topological polar surface area (TPSA) is 49.8 Å². The first-order chi connectivity index (χ1) is 9.56. The molecular weight excluding hydrogens is 254 g/mol. The lowest BCUT2D eigenvalue weighted by molar-refractivity contribution is -0.145. The maximum absolute atomic E-state index is 11.8. The molecule has 1 N–H and O–H groups in total. The van der Waals surface area contributed by atoms with E-state index in [4.69, 9.17) is 4.74 Å². The van der Waals surface area contributed by atoms with Gasteiger partial charge in [0.25, 0.3) is 0 Å².